The van der Waals surface area contributed by atoms with Gasteiger partial charge in [0.25, 0.3) is 5.91 Å². The Kier molecular flexibility index (Phi) is 3.32. The third-order valence-corrected chi connectivity index (χ3v) is 3.53. The molecule has 1 saturated heterocycles. The highest BCUT2D eigenvalue weighted by Crippen LogP contribution is 2.28. The normalized spacial score (nSPS) is 16.3. The number of nitrogens with zero attached hydrogens (tertiary/aromatic N) is 4. The molecule has 1 fully saturated rings. The molecule has 1 aliphatic rings. The van der Waals surface area contributed by atoms with Crippen LogP contribution in [0.2, 0.25) is 0 Å². The van der Waals surface area contributed by atoms with Crippen LogP contribution in [0.1, 0.15) is 34.9 Å². The highest BCUT2D eigenvalue weighted by atomic mass is 16.5. The Bertz CT molecular complexity index is 590. The molecule has 0 atom stereocenters. The van der Waals surface area contributed by atoms with Crippen LogP contribution in [0.25, 0.3) is 0 Å². The van der Waals surface area contributed by atoms with Crippen LogP contribution in [0.4, 0.5) is 5.88 Å². The molecule has 7 nitrogen and oxygen atoms in total. The van der Waals surface area contributed by atoms with Crippen molar-refractivity contribution in [2.45, 2.75) is 18.8 Å². The van der Waals surface area contributed by atoms with Crippen molar-refractivity contribution in [3.63, 3.8) is 0 Å². The molecule has 3 rings (SSSR count). The third-order valence-electron chi connectivity index (χ3n) is 3.53. The standard InChI is InChI=1S/C13H15N5O2/c14-12-7-10(17-20-12)9-1-5-18(6-2-9)13(19)11-8-15-3-4-16-11/h3-4,7-9H,1-2,5-6,14H2. The van der Waals surface area contributed by atoms with Crippen molar-refractivity contribution in [1.29, 1.82) is 0 Å². The average Bonchev–Trinajstić information content (AvgIpc) is 2.94. The van der Waals surface area contributed by atoms with Gasteiger partial charge in [-0.25, -0.2) is 4.98 Å². The number of nitrogens with two attached hydrogens (primary N) is 1. The van der Waals surface area contributed by atoms with Crippen molar-refractivity contribution >= 4 is 11.8 Å². The van der Waals surface area contributed by atoms with Gasteiger partial charge in [-0.3, -0.25) is 9.78 Å². The number of aromatic nitrogens is 3. The maximum absolute atomic E-state index is 12.2. The van der Waals surface area contributed by atoms with Gasteiger partial charge in [-0.15, -0.1) is 0 Å². The summed E-state index contributed by atoms with van der Waals surface area (Å²) in [4.78, 5) is 22.0. The predicted octanol–water partition coefficient (Wildman–Crippen LogP) is 1.07. The first kappa shape index (κ1) is 12.6. The maximum atomic E-state index is 12.2. The number of anilines is 1. The lowest BCUT2D eigenvalue weighted by Crippen LogP contribution is -2.38. The molecular weight excluding hydrogens is 258 g/mol. The molecule has 2 aromatic rings. The van der Waals surface area contributed by atoms with E-state index >= 15 is 0 Å². The summed E-state index contributed by atoms with van der Waals surface area (Å²) in [7, 11) is 0. The fraction of sp³-hybridized carbons (Fsp3) is 0.385. The molecular formula is C13H15N5O2. The second-order valence-corrected chi connectivity index (χ2v) is 4.81. The number of carbonyl (C=O) groups is 1. The topological polar surface area (TPSA) is 98.1 Å². The Hall–Kier alpha value is -2.44. The largest absolute Gasteiger partial charge is 0.368 e. The van der Waals surface area contributed by atoms with Gasteiger partial charge in [0.15, 0.2) is 0 Å². The molecule has 20 heavy (non-hydrogen) atoms. The monoisotopic (exact) mass is 273 g/mol. The van der Waals surface area contributed by atoms with E-state index in [1.54, 1.807) is 17.2 Å². The Morgan fingerprint density at radius 3 is 2.75 bits per heavy atom. The number of hydrogen-bond acceptors (Lipinski definition) is 6. The lowest BCUT2D eigenvalue weighted by atomic mass is 9.93. The van der Waals surface area contributed by atoms with Gasteiger partial charge in [0.1, 0.15) is 5.69 Å². The summed E-state index contributed by atoms with van der Waals surface area (Å²) >= 11 is 0. The molecule has 2 N–H and O–H groups in total. The molecule has 0 saturated carbocycles. The van der Waals surface area contributed by atoms with Crippen molar-refractivity contribution in [1.82, 2.24) is 20.0 Å². The summed E-state index contributed by atoms with van der Waals surface area (Å²) in [6.07, 6.45) is 6.26. The van der Waals surface area contributed by atoms with E-state index in [-0.39, 0.29) is 5.91 Å². The van der Waals surface area contributed by atoms with Crippen LogP contribution >= 0.6 is 0 Å². The molecule has 2 aromatic heterocycles. The van der Waals surface area contributed by atoms with Crippen LogP contribution in [-0.2, 0) is 0 Å². The number of carbonyl (C=O) groups excluding carboxylic acids is 1. The van der Waals surface area contributed by atoms with Gasteiger partial charge in [0, 0.05) is 37.5 Å². The van der Waals surface area contributed by atoms with E-state index in [0.29, 0.717) is 30.6 Å². The van der Waals surface area contributed by atoms with Crippen LogP contribution in [0.15, 0.2) is 29.2 Å². The van der Waals surface area contributed by atoms with Gasteiger partial charge >= 0.3 is 0 Å². The van der Waals surface area contributed by atoms with E-state index in [4.69, 9.17) is 10.3 Å². The Balaban J connectivity index is 1.63. The second-order valence-electron chi connectivity index (χ2n) is 4.81. The summed E-state index contributed by atoms with van der Waals surface area (Å²) in [6, 6.07) is 1.75. The van der Waals surface area contributed by atoms with E-state index in [9.17, 15) is 4.79 Å². The molecule has 0 aliphatic carbocycles. The number of piperidine rings is 1. The summed E-state index contributed by atoms with van der Waals surface area (Å²) in [5.74, 6) is 0.552. The fourth-order valence-electron chi connectivity index (χ4n) is 2.45. The first-order valence-electron chi connectivity index (χ1n) is 6.51. The summed E-state index contributed by atoms with van der Waals surface area (Å²) < 4.78 is 4.89. The molecule has 1 amide bonds. The number of hydrogen-bond donors (Lipinski definition) is 1. The Labute approximate surface area is 115 Å². The zero-order chi connectivity index (χ0) is 13.9. The van der Waals surface area contributed by atoms with E-state index in [2.05, 4.69) is 15.1 Å². The van der Waals surface area contributed by atoms with Gasteiger partial charge in [-0.2, -0.15) is 0 Å². The molecule has 3 heterocycles. The maximum Gasteiger partial charge on any atom is 0.274 e. The zero-order valence-corrected chi connectivity index (χ0v) is 10.9. The number of nitrogen functional groups attached to an aromatic ring is 1. The average molecular weight is 273 g/mol. The van der Waals surface area contributed by atoms with E-state index < -0.39 is 0 Å². The number of likely N-dealkylation sites (tertiary alicyclic amines) is 1. The summed E-state index contributed by atoms with van der Waals surface area (Å²) in [5.41, 5.74) is 6.78. The van der Waals surface area contributed by atoms with Gasteiger partial charge in [0.2, 0.25) is 5.88 Å². The number of amides is 1. The SMILES string of the molecule is Nc1cc(C2CCN(C(=O)c3cnccn3)CC2)no1. The van der Waals surface area contributed by atoms with Gasteiger partial charge in [-0.1, -0.05) is 5.16 Å². The van der Waals surface area contributed by atoms with E-state index in [1.165, 1.54) is 12.4 Å². The molecule has 1 aliphatic heterocycles. The molecule has 0 radical (unpaired) electrons. The van der Waals surface area contributed by atoms with Gasteiger partial charge < -0.3 is 15.2 Å². The zero-order valence-electron chi connectivity index (χ0n) is 10.9. The Morgan fingerprint density at radius 1 is 1.35 bits per heavy atom. The summed E-state index contributed by atoms with van der Waals surface area (Å²) in [6.45, 7) is 1.35. The predicted molar refractivity (Wildman–Crippen MR) is 70.8 cm³/mol. The van der Waals surface area contributed by atoms with E-state index in [0.717, 1.165) is 18.5 Å². The lowest BCUT2D eigenvalue weighted by Gasteiger charge is -2.30. The molecule has 0 bridgehead atoms. The lowest BCUT2D eigenvalue weighted by molar-refractivity contribution is 0.0705. The van der Waals surface area contributed by atoms with Crippen molar-refractivity contribution < 1.29 is 9.32 Å². The van der Waals surface area contributed by atoms with Crippen LogP contribution in [0, 0.1) is 0 Å². The van der Waals surface area contributed by atoms with Crippen molar-refractivity contribution in [2.75, 3.05) is 18.8 Å². The molecule has 0 unspecified atom stereocenters. The highest BCUT2D eigenvalue weighted by molar-refractivity contribution is 5.92. The molecule has 7 heteroatoms. The minimum absolute atomic E-state index is 0.0729. The van der Waals surface area contributed by atoms with Crippen molar-refractivity contribution in [2.24, 2.45) is 0 Å². The van der Waals surface area contributed by atoms with E-state index in [1.807, 2.05) is 0 Å². The third kappa shape index (κ3) is 2.47. The molecule has 0 aromatic carbocycles. The molecule has 0 spiro atoms. The minimum Gasteiger partial charge on any atom is -0.368 e. The van der Waals surface area contributed by atoms with Gasteiger partial charge in [-0.05, 0) is 12.8 Å². The summed E-state index contributed by atoms with van der Waals surface area (Å²) in [5, 5.41) is 3.94. The van der Waals surface area contributed by atoms with Gasteiger partial charge in [0.05, 0.1) is 11.9 Å². The van der Waals surface area contributed by atoms with Crippen molar-refractivity contribution in [3.05, 3.63) is 36.0 Å². The van der Waals surface area contributed by atoms with Crippen LogP contribution < -0.4 is 5.73 Å². The Morgan fingerprint density at radius 2 is 2.15 bits per heavy atom. The first-order valence-corrected chi connectivity index (χ1v) is 6.51. The fourth-order valence-corrected chi connectivity index (χ4v) is 2.45. The van der Waals surface area contributed by atoms with Crippen molar-refractivity contribution in [3.8, 4) is 0 Å². The molecule has 104 valence electrons. The number of rotatable bonds is 2. The van der Waals surface area contributed by atoms with Crippen LogP contribution in [0.5, 0.6) is 0 Å². The quantitative estimate of drug-likeness (QED) is 0.878. The first-order chi connectivity index (χ1) is 9.74. The van der Waals surface area contributed by atoms with Crippen LogP contribution in [-0.4, -0.2) is 39.0 Å². The second kappa shape index (κ2) is 5.28. The van der Waals surface area contributed by atoms with Crippen LogP contribution in [0.3, 0.4) is 0 Å². The smallest absolute Gasteiger partial charge is 0.274 e. The minimum atomic E-state index is -0.0729. The highest BCUT2D eigenvalue weighted by Gasteiger charge is 2.26.